The molecule has 0 fully saturated rings. The van der Waals surface area contributed by atoms with Crippen LogP contribution in [0.3, 0.4) is 0 Å². The van der Waals surface area contributed by atoms with E-state index >= 15 is 0 Å². The molecule has 2 rings (SSSR count). The lowest BCUT2D eigenvalue weighted by molar-refractivity contribution is 0.468. The molecule has 2 aromatic rings. The van der Waals surface area contributed by atoms with Crippen LogP contribution >= 0.6 is 50.5 Å². The molecule has 0 bridgehead atoms. The Balaban J connectivity index is 2.25. The predicted molar refractivity (Wildman–Crippen MR) is 87.1 cm³/mol. The molecule has 8 heteroatoms. The molecule has 0 saturated carbocycles. The number of hydrogen-bond donors (Lipinski definition) is 0. The van der Waals surface area contributed by atoms with Crippen LogP contribution in [0.15, 0.2) is 38.3 Å². The second-order valence-electron chi connectivity index (χ2n) is 4.06. The SMILES string of the molecule is CN(Cc1ccc(Cl)cc1Cl)S(=O)(=O)c1ccc(Br)s1. The van der Waals surface area contributed by atoms with Crippen LogP contribution in [0.1, 0.15) is 5.56 Å². The van der Waals surface area contributed by atoms with Crippen LogP contribution in [0.4, 0.5) is 0 Å². The maximum atomic E-state index is 12.4. The number of hydrogen-bond acceptors (Lipinski definition) is 3. The summed E-state index contributed by atoms with van der Waals surface area (Å²) >= 11 is 16.3. The molecule has 0 aliphatic carbocycles. The van der Waals surface area contributed by atoms with E-state index in [1.807, 2.05) is 0 Å². The molecule has 0 N–H and O–H groups in total. The summed E-state index contributed by atoms with van der Waals surface area (Å²) in [5.74, 6) is 0. The third kappa shape index (κ3) is 3.55. The fourth-order valence-corrected chi connectivity index (χ4v) is 5.40. The lowest BCUT2D eigenvalue weighted by atomic mass is 10.2. The standard InChI is InChI=1S/C12H10BrCl2NO2S2/c1-16(7-8-2-3-9(14)6-10(8)15)20(17,18)12-5-4-11(13)19-12/h2-6H,7H2,1H3. The second kappa shape index (κ2) is 6.34. The monoisotopic (exact) mass is 413 g/mol. The van der Waals surface area contributed by atoms with Gasteiger partial charge in [-0.2, -0.15) is 4.31 Å². The van der Waals surface area contributed by atoms with Crippen LogP contribution in [0.5, 0.6) is 0 Å². The molecule has 1 aromatic carbocycles. The largest absolute Gasteiger partial charge is 0.252 e. The van der Waals surface area contributed by atoms with Gasteiger partial charge < -0.3 is 0 Å². The van der Waals surface area contributed by atoms with Crippen LogP contribution in [0.25, 0.3) is 0 Å². The average molecular weight is 415 g/mol. The Morgan fingerprint density at radius 1 is 1.25 bits per heavy atom. The number of rotatable bonds is 4. The molecule has 1 heterocycles. The molecule has 0 amide bonds. The van der Waals surface area contributed by atoms with Crippen LogP contribution in [-0.4, -0.2) is 19.8 Å². The number of thiophene rings is 1. The zero-order valence-electron chi connectivity index (χ0n) is 10.3. The van der Waals surface area contributed by atoms with Gasteiger partial charge in [0.05, 0.1) is 3.79 Å². The van der Waals surface area contributed by atoms with E-state index in [9.17, 15) is 8.42 Å². The third-order valence-electron chi connectivity index (χ3n) is 2.62. The smallest absolute Gasteiger partial charge is 0.206 e. The van der Waals surface area contributed by atoms with Gasteiger partial charge >= 0.3 is 0 Å². The molecule has 0 aliphatic heterocycles. The van der Waals surface area contributed by atoms with Crippen LogP contribution in [0, 0.1) is 0 Å². The van der Waals surface area contributed by atoms with Gasteiger partial charge in [0.25, 0.3) is 10.0 Å². The van der Waals surface area contributed by atoms with Gasteiger partial charge in [0.15, 0.2) is 0 Å². The molecular formula is C12H10BrCl2NO2S2. The van der Waals surface area contributed by atoms with Gasteiger partial charge in [-0.3, -0.25) is 0 Å². The summed E-state index contributed by atoms with van der Waals surface area (Å²) in [6.45, 7) is 0.188. The average Bonchev–Trinajstić information content (AvgIpc) is 2.80. The van der Waals surface area contributed by atoms with Crippen molar-refractivity contribution in [3.05, 3.63) is 49.7 Å². The molecule has 0 atom stereocenters. The van der Waals surface area contributed by atoms with Gasteiger partial charge in [0.2, 0.25) is 0 Å². The van der Waals surface area contributed by atoms with Crippen LogP contribution < -0.4 is 0 Å². The van der Waals surface area contributed by atoms with Gasteiger partial charge in [-0.1, -0.05) is 29.3 Å². The highest BCUT2D eigenvalue weighted by molar-refractivity contribution is 9.11. The number of halogens is 3. The topological polar surface area (TPSA) is 37.4 Å². The van der Waals surface area contributed by atoms with Gasteiger partial charge in [-0.15, -0.1) is 11.3 Å². The Bertz CT molecular complexity index is 731. The molecule has 3 nitrogen and oxygen atoms in total. The maximum Gasteiger partial charge on any atom is 0.252 e. The van der Waals surface area contributed by atoms with E-state index in [0.29, 0.717) is 15.6 Å². The molecule has 0 saturated heterocycles. The Morgan fingerprint density at radius 3 is 2.50 bits per heavy atom. The molecule has 1 aromatic heterocycles. The molecule has 20 heavy (non-hydrogen) atoms. The summed E-state index contributed by atoms with van der Waals surface area (Å²) in [6, 6.07) is 8.29. The lowest BCUT2D eigenvalue weighted by Crippen LogP contribution is -2.25. The zero-order chi connectivity index (χ0) is 14.9. The molecule has 0 unspecified atom stereocenters. The minimum atomic E-state index is -3.51. The van der Waals surface area contributed by atoms with E-state index in [0.717, 1.165) is 3.79 Å². The van der Waals surface area contributed by atoms with Crippen molar-refractivity contribution in [2.75, 3.05) is 7.05 Å². The quantitative estimate of drug-likeness (QED) is 0.730. The van der Waals surface area contributed by atoms with E-state index in [4.69, 9.17) is 23.2 Å². The van der Waals surface area contributed by atoms with Crippen molar-refractivity contribution in [1.29, 1.82) is 0 Å². The normalized spacial score (nSPS) is 12.1. The zero-order valence-corrected chi connectivity index (χ0v) is 15.0. The van der Waals surface area contributed by atoms with Crippen molar-refractivity contribution < 1.29 is 8.42 Å². The molecule has 0 spiro atoms. The fraction of sp³-hybridized carbons (Fsp3) is 0.167. The fourth-order valence-electron chi connectivity index (χ4n) is 1.56. The van der Waals surface area contributed by atoms with E-state index in [-0.39, 0.29) is 10.8 Å². The van der Waals surface area contributed by atoms with Crippen LogP contribution in [-0.2, 0) is 16.6 Å². The predicted octanol–water partition coefficient (Wildman–Crippen LogP) is 4.64. The lowest BCUT2D eigenvalue weighted by Gasteiger charge is -2.17. The Labute approximate surface area is 140 Å². The molecular weight excluding hydrogens is 405 g/mol. The highest BCUT2D eigenvalue weighted by Crippen LogP contribution is 2.29. The van der Waals surface area contributed by atoms with Gasteiger partial charge in [0, 0.05) is 23.6 Å². The second-order valence-corrected chi connectivity index (χ2v) is 9.63. The van der Waals surface area contributed by atoms with Gasteiger partial charge in [-0.05, 0) is 45.8 Å². The molecule has 0 radical (unpaired) electrons. The van der Waals surface area contributed by atoms with E-state index in [2.05, 4.69) is 15.9 Å². The van der Waals surface area contributed by atoms with Crippen molar-refractivity contribution in [3.8, 4) is 0 Å². The Morgan fingerprint density at radius 2 is 1.95 bits per heavy atom. The maximum absolute atomic E-state index is 12.4. The summed E-state index contributed by atoms with van der Waals surface area (Å²) < 4.78 is 27.1. The first-order valence-electron chi connectivity index (χ1n) is 5.46. The highest BCUT2D eigenvalue weighted by Gasteiger charge is 2.23. The highest BCUT2D eigenvalue weighted by atomic mass is 79.9. The van der Waals surface area contributed by atoms with Crippen molar-refractivity contribution in [1.82, 2.24) is 4.31 Å². The minimum absolute atomic E-state index is 0.188. The van der Waals surface area contributed by atoms with Gasteiger partial charge in [-0.25, -0.2) is 8.42 Å². The first-order chi connectivity index (χ1) is 9.30. The summed E-state index contributed by atoms with van der Waals surface area (Å²) in [7, 11) is -1.99. The summed E-state index contributed by atoms with van der Waals surface area (Å²) in [5, 5.41) is 0.971. The van der Waals surface area contributed by atoms with Crippen molar-refractivity contribution >= 4 is 60.5 Å². The van der Waals surface area contributed by atoms with E-state index < -0.39 is 10.0 Å². The minimum Gasteiger partial charge on any atom is -0.206 e. The summed E-state index contributed by atoms with van der Waals surface area (Å²) in [6.07, 6.45) is 0. The number of nitrogens with zero attached hydrogens (tertiary/aromatic N) is 1. The first-order valence-corrected chi connectivity index (χ1v) is 9.27. The molecule has 108 valence electrons. The van der Waals surface area contributed by atoms with E-state index in [1.165, 1.54) is 22.7 Å². The van der Waals surface area contributed by atoms with Crippen molar-refractivity contribution in [3.63, 3.8) is 0 Å². The summed E-state index contributed by atoms with van der Waals surface area (Å²) in [4.78, 5) is 0. The van der Waals surface area contributed by atoms with Crippen molar-refractivity contribution in [2.45, 2.75) is 10.8 Å². The summed E-state index contributed by atoms with van der Waals surface area (Å²) in [5.41, 5.74) is 0.706. The number of sulfonamides is 1. The molecule has 0 aliphatic rings. The van der Waals surface area contributed by atoms with E-state index in [1.54, 1.807) is 30.3 Å². The Hall–Kier alpha value is -0.110. The van der Waals surface area contributed by atoms with Gasteiger partial charge in [0.1, 0.15) is 4.21 Å². The third-order valence-corrected chi connectivity index (χ3v) is 7.10. The van der Waals surface area contributed by atoms with Crippen molar-refractivity contribution in [2.24, 2.45) is 0 Å². The van der Waals surface area contributed by atoms with Crippen LogP contribution in [0.2, 0.25) is 10.0 Å². The number of benzene rings is 1. The first kappa shape index (κ1) is 16.3. The Kier molecular flexibility index (Phi) is 5.15.